The van der Waals surface area contributed by atoms with Gasteiger partial charge in [-0.05, 0) is 30.2 Å². The first-order valence-corrected chi connectivity index (χ1v) is 7.18. The van der Waals surface area contributed by atoms with Gasteiger partial charge in [-0.3, -0.25) is 4.79 Å². The van der Waals surface area contributed by atoms with Gasteiger partial charge in [-0.2, -0.15) is 0 Å². The van der Waals surface area contributed by atoms with Crippen LogP contribution < -0.4 is 0 Å². The van der Waals surface area contributed by atoms with Gasteiger partial charge in [0, 0.05) is 11.2 Å². The number of carboxylic acid groups (broad SMARTS) is 1. The molecule has 0 spiro atoms. The van der Waals surface area contributed by atoms with Crippen molar-refractivity contribution in [3.8, 4) is 0 Å². The lowest BCUT2D eigenvalue weighted by Gasteiger charge is -2.29. The van der Waals surface area contributed by atoms with E-state index in [-0.39, 0.29) is 5.92 Å². The quantitative estimate of drug-likeness (QED) is 0.884. The van der Waals surface area contributed by atoms with Crippen molar-refractivity contribution in [1.29, 1.82) is 0 Å². The van der Waals surface area contributed by atoms with Crippen LogP contribution in [0.3, 0.4) is 0 Å². The van der Waals surface area contributed by atoms with Gasteiger partial charge < -0.3 is 5.11 Å². The fourth-order valence-electron chi connectivity index (χ4n) is 3.40. The third kappa shape index (κ3) is 1.61. The second kappa shape index (κ2) is 4.16. The highest BCUT2D eigenvalue weighted by Gasteiger charge is 2.55. The molecule has 0 amide bonds. The van der Waals surface area contributed by atoms with Gasteiger partial charge in [-0.25, -0.2) is 0 Å². The van der Waals surface area contributed by atoms with Crippen LogP contribution in [0.2, 0.25) is 0 Å². The molecule has 4 atom stereocenters. The number of rotatable bonds is 2. The van der Waals surface area contributed by atoms with E-state index < -0.39 is 11.4 Å². The van der Waals surface area contributed by atoms with Gasteiger partial charge in [0.15, 0.2) is 0 Å². The molecule has 0 aromatic heterocycles. The fourth-order valence-corrected chi connectivity index (χ4v) is 4.75. The molecular formula is C15H16O2S. The van der Waals surface area contributed by atoms with Crippen LogP contribution in [0.5, 0.6) is 0 Å². The Bertz CT molecular complexity index is 496. The summed E-state index contributed by atoms with van der Waals surface area (Å²) in [6, 6.07) is 10.1. The van der Waals surface area contributed by atoms with Crippen LogP contribution in [0.15, 0.2) is 41.8 Å². The minimum atomic E-state index is -0.667. The molecular weight excluding hydrogens is 244 g/mol. The van der Waals surface area contributed by atoms with E-state index in [0.717, 1.165) is 12.0 Å². The molecule has 0 bridgehead atoms. The lowest BCUT2D eigenvalue weighted by Crippen LogP contribution is -2.31. The van der Waals surface area contributed by atoms with Crippen molar-refractivity contribution >= 4 is 17.7 Å². The van der Waals surface area contributed by atoms with Crippen molar-refractivity contribution in [2.75, 3.05) is 0 Å². The van der Waals surface area contributed by atoms with Gasteiger partial charge in [0.05, 0.1) is 5.41 Å². The molecule has 1 saturated carbocycles. The number of hydrogen-bond donors (Lipinski definition) is 1. The van der Waals surface area contributed by atoms with Gasteiger partial charge in [-0.15, -0.1) is 11.8 Å². The molecule has 2 unspecified atom stereocenters. The van der Waals surface area contributed by atoms with E-state index in [1.807, 2.05) is 25.1 Å². The Balaban J connectivity index is 2.07. The first kappa shape index (κ1) is 11.8. The Labute approximate surface area is 111 Å². The summed E-state index contributed by atoms with van der Waals surface area (Å²) in [5.41, 5.74) is 0.510. The predicted octanol–water partition coefficient (Wildman–Crippen LogP) is 3.51. The van der Waals surface area contributed by atoms with Crippen molar-refractivity contribution < 1.29 is 9.90 Å². The third-order valence-electron chi connectivity index (χ3n) is 4.33. The Morgan fingerprint density at radius 3 is 2.78 bits per heavy atom. The first-order chi connectivity index (χ1) is 8.63. The summed E-state index contributed by atoms with van der Waals surface area (Å²) in [6.45, 7) is 1.90. The molecule has 1 N–H and O–H groups in total. The summed E-state index contributed by atoms with van der Waals surface area (Å²) in [7, 11) is 0. The molecule has 0 radical (unpaired) electrons. The molecule has 3 heteroatoms. The maximum absolute atomic E-state index is 11.7. The molecule has 0 saturated heterocycles. The maximum Gasteiger partial charge on any atom is 0.310 e. The van der Waals surface area contributed by atoms with Crippen LogP contribution in [0.25, 0.3) is 0 Å². The highest BCUT2D eigenvalue weighted by molar-refractivity contribution is 8.03. The molecule has 3 rings (SSSR count). The van der Waals surface area contributed by atoms with Crippen LogP contribution in [-0.4, -0.2) is 16.3 Å². The Hall–Kier alpha value is -1.22. The predicted molar refractivity (Wildman–Crippen MR) is 73.6 cm³/mol. The molecule has 1 aromatic rings. The number of carboxylic acids is 1. The van der Waals surface area contributed by atoms with Crippen LogP contribution in [0.1, 0.15) is 24.8 Å². The number of benzene rings is 1. The zero-order valence-corrected chi connectivity index (χ0v) is 11.1. The number of thioether (sulfide) groups is 1. The van der Waals surface area contributed by atoms with Crippen molar-refractivity contribution in [2.45, 2.75) is 24.5 Å². The third-order valence-corrected chi connectivity index (χ3v) is 5.47. The highest BCUT2D eigenvalue weighted by atomic mass is 32.2. The summed E-state index contributed by atoms with van der Waals surface area (Å²) in [4.78, 5) is 11.7. The van der Waals surface area contributed by atoms with Crippen LogP contribution in [0, 0.1) is 11.3 Å². The van der Waals surface area contributed by atoms with Gasteiger partial charge in [0.2, 0.25) is 0 Å². The van der Waals surface area contributed by atoms with E-state index in [2.05, 4.69) is 23.6 Å². The lowest BCUT2D eigenvalue weighted by molar-refractivity contribution is -0.148. The minimum absolute atomic E-state index is 0.0902. The number of fused-ring (bicyclic) bond motifs is 1. The van der Waals surface area contributed by atoms with Crippen LogP contribution >= 0.6 is 11.8 Å². The summed E-state index contributed by atoms with van der Waals surface area (Å²) >= 11 is 1.79. The lowest BCUT2D eigenvalue weighted by atomic mass is 9.73. The van der Waals surface area contributed by atoms with Gasteiger partial charge in [0.25, 0.3) is 0 Å². The topological polar surface area (TPSA) is 37.3 Å². The SMILES string of the molecule is C[C@]1(C(=O)O)CC2SC=CC2[C@H]1c1ccccc1. The minimum Gasteiger partial charge on any atom is -0.481 e. The zero-order valence-electron chi connectivity index (χ0n) is 10.2. The van der Waals surface area contributed by atoms with Crippen molar-refractivity contribution in [1.82, 2.24) is 0 Å². The summed E-state index contributed by atoms with van der Waals surface area (Å²) in [5.74, 6) is -0.217. The van der Waals surface area contributed by atoms with E-state index in [9.17, 15) is 9.90 Å². The largest absolute Gasteiger partial charge is 0.481 e. The molecule has 1 heterocycles. The molecule has 1 aliphatic carbocycles. The van der Waals surface area contributed by atoms with Crippen LogP contribution in [-0.2, 0) is 4.79 Å². The molecule has 1 fully saturated rings. The Morgan fingerprint density at radius 1 is 1.39 bits per heavy atom. The van der Waals surface area contributed by atoms with E-state index >= 15 is 0 Å². The number of carbonyl (C=O) groups is 1. The Morgan fingerprint density at radius 2 is 2.11 bits per heavy atom. The molecule has 2 aliphatic rings. The molecule has 18 heavy (non-hydrogen) atoms. The smallest absolute Gasteiger partial charge is 0.310 e. The highest BCUT2D eigenvalue weighted by Crippen LogP contribution is 2.59. The summed E-state index contributed by atoms with van der Waals surface area (Å²) in [5, 5.41) is 12.2. The zero-order chi connectivity index (χ0) is 12.8. The molecule has 2 nitrogen and oxygen atoms in total. The summed E-state index contributed by atoms with van der Waals surface area (Å²) < 4.78 is 0. The number of allylic oxidation sites excluding steroid dienone is 1. The second-order valence-corrected chi connectivity index (χ2v) is 6.55. The van der Waals surface area contributed by atoms with Crippen molar-refractivity contribution in [3.63, 3.8) is 0 Å². The normalized spacial score (nSPS) is 37.7. The fraction of sp³-hybridized carbons (Fsp3) is 0.400. The van der Waals surface area contributed by atoms with Crippen LogP contribution in [0.4, 0.5) is 0 Å². The van der Waals surface area contributed by atoms with Gasteiger partial charge in [0.1, 0.15) is 0 Å². The molecule has 1 aromatic carbocycles. The molecule has 94 valence electrons. The Kier molecular flexibility index (Phi) is 2.74. The summed E-state index contributed by atoms with van der Waals surface area (Å²) in [6.07, 6.45) is 2.95. The average molecular weight is 260 g/mol. The van der Waals surface area contributed by atoms with E-state index in [4.69, 9.17) is 0 Å². The van der Waals surface area contributed by atoms with E-state index in [0.29, 0.717) is 11.2 Å². The standard InChI is InChI=1S/C15H16O2S/c1-15(14(16)17)9-12-11(7-8-18-12)13(15)10-5-3-2-4-6-10/h2-8,11-13H,9H2,1H3,(H,16,17)/t11?,12?,13-,15+/m1/s1. The average Bonchev–Trinajstić information content (AvgIpc) is 2.88. The number of aliphatic carboxylic acids is 1. The van der Waals surface area contributed by atoms with Gasteiger partial charge >= 0.3 is 5.97 Å². The van der Waals surface area contributed by atoms with Crippen molar-refractivity contribution in [2.24, 2.45) is 11.3 Å². The van der Waals surface area contributed by atoms with Crippen molar-refractivity contribution in [3.05, 3.63) is 47.4 Å². The van der Waals surface area contributed by atoms with E-state index in [1.54, 1.807) is 11.8 Å². The van der Waals surface area contributed by atoms with E-state index in [1.165, 1.54) is 0 Å². The second-order valence-electron chi connectivity index (χ2n) is 5.40. The first-order valence-electron chi connectivity index (χ1n) is 6.23. The maximum atomic E-state index is 11.7. The molecule has 1 aliphatic heterocycles. The monoisotopic (exact) mass is 260 g/mol. The number of hydrogen-bond acceptors (Lipinski definition) is 2. The van der Waals surface area contributed by atoms with Gasteiger partial charge in [-0.1, -0.05) is 36.4 Å².